The van der Waals surface area contributed by atoms with Crippen LogP contribution in [0.25, 0.3) is 0 Å². The van der Waals surface area contributed by atoms with Crippen LogP contribution < -0.4 is 29.0 Å². The van der Waals surface area contributed by atoms with E-state index in [4.69, 9.17) is 28.1 Å². The molecule has 0 spiro atoms. The van der Waals surface area contributed by atoms with Crippen molar-refractivity contribution in [1.29, 1.82) is 0 Å². The fourth-order valence-corrected chi connectivity index (χ4v) is 8.47. The van der Waals surface area contributed by atoms with Gasteiger partial charge in [0.25, 0.3) is 0 Å². The molecule has 9 rings (SSSR count). The fourth-order valence-electron chi connectivity index (χ4n) is 8.47. The van der Waals surface area contributed by atoms with Crippen LogP contribution in [-0.2, 0) is 45.4 Å². The second-order valence-electron chi connectivity index (χ2n) is 14.5. The second-order valence-corrected chi connectivity index (χ2v) is 14.5. The molecule has 0 fully saturated rings. The van der Waals surface area contributed by atoms with Gasteiger partial charge in [-0.15, -0.1) is 0 Å². The molecule has 4 aromatic carbocycles. The molecule has 1 aromatic heterocycles. The Bertz CT molecular complexity index is 2110. The number of nitrogens with one attached hydrogen (secondary N) is 1. The average molecular weight is 732 g/mol. The minimum atomic E-state index is -0.154. The number of furan rings is 1. The van der Waals surface area contributed by atoms with E-state index in [2.05, 4.69) is 65.6 Å². The standard InChI is InChI=1S/C44H49N3O7/c1-46-16-14-29-22-30(26-48)39-23-34(29)36(46)19-27-8-11-31(12-9-27)53-40-21-28(10-13-38(40)49-3)20-37-41-33(15-17-47(37)2)35(25-45-24-32-7-6-18-52-32)42(50-4)44(51-5)43(41)54-39/h6-13,18,21-23,36-37,45,48H,14-17,19-20,24-26H2,1-5H3/t36-,37-/m0/s1. The van der Waals surface area contributed by atoms with E-state index in [-0.39, 0.29) is 18.7 Å². The van der Waals surface area contributed by atoms with Crippen LogP contribution in [0.15, 0.2) is 77.4 Å². The molecule has 10 heteroatoms. The van der Waals surface area contributed by atoms with Crippen molar-refractivity contribution in [2.24, 2.45) is 0 Å². The molecule has 2 atom stereocenters. The highest BCUT2D eigenvalue weighted by Gasteiger charge is 2.37. The van der Waals surface area contributed by atoms with Gasteiger partial charge in [-0.2, -0.15) is 0 Å². The van der Waals surface area contributed by atoms with Crippen LogP contribution in [0, 0.1) is 0 Å². The van der Waals surface area contributed by atoms with Crippen molar-refractivity contribution in [3.8, 4) is 40.2 Å². The number of likely N-dealkylation sites (N-methyl/N-ethyl adjacent to an activating group) is 2. The van der Waals surface area contributed by atoms with Gasteiger partial charge in [0, 0.05) is 48.4 Å². The molecule has 6 bridgehead atoms. The third kappa shape index (κ3) is 6.79. The van der Waals surface area contributed by atoms with Crippen LogP contribution in [0.4, 0.5) is 0 Å². The molecule has 54 heavy (non-hydrogen) atoms. The molecule has 4 aliphatic rings. The lowest BCUT2D eigenvalue weighted by atomic mass is 9.84. The van der Waals surface area contributed by atoms with Crippen LogP contribution in [0.5, 0.6) is 40.2 Å². The van der Waals surface area contributed by atoms with Gasteiger partial charge in [-0.05, 0) is 116 Å². The molecule has 282 valence electrons. The summed E-state index contributed by atoms with van der Waals surface area (Å²) in [5.41, 5.74) is 8.69. The zero-order chi connectivity index (χ0) is 37.3. The van der Waals surface area contributed by atoms with E-state index in [1.54, 1.807) is 27.6 Å². The van der Waals surface area contributed by atoms with Crippen molar-refractivity contribution < 1.29 is 33.2 Å². The Kier molecular flexibility index (Phi) is 10.3. The highest BCUT2D eigenvalue weighted by Crippen LogP contribution is 2.53. The highest BCUT2D eigenvalue weighted by atomic mass is 16.5. The van der Waals surface area contributed by atoms with E-state index in [0.29, 0.717) is 54.0 Å². The fraction of sp³-hybridized carbons (Fsp3) is 0.364. The zero-order valence-corrected chi connectivity index (χ0v) is 31.7. The second kappa shape index (κ2) is 15.4. The number of ether oxygens (including phenoxy) is 5. The van der Waals surface area contributed by atoms with E-state index in [0.717, 1.165) is 71.7 Å². The van der Waals surface area contributed by atoms with Gasteiger partial charge < -0.3 is 38.5 Å². The van der Waals surface area contributed by atoms with Crippen molar-refractivity contribution in [1.82, 2.24) is 15.1 Å². The molecular weight excluding hydrogens is 682 g/mol. The Hall–Kier alpha value is -5.00. The monoisotopic (exact) mass is 731 g/mol. The van der Waals surface area contributed by atoms with Crippen molar-refractivity contribution >= 4 is 0 Å². The number of aliphatic hydroxyl groups is 1. The summed E-state index contributed by atoms with van der Waals surface area (Å²) in [5, 5.41) is 14.4. The molecule has 0 amide bonds. The number of rotatable bonds is 8. The van der Waals surface area contributed by atoms with E-state index in [1.807, 2.05) is 30.3 Å². The Morgan fingerprint density at radius 3 is 2.28 bits per heavy atom. The highest BCUT2D eigenvalue weighted by molar-refractivity contribution is 5.67. The molecular formula is C44H49N3O7. The third-order valence-corrected chi connectivity index (χ3v) is 11.4. The van der Waals surface area contributed by atoms with Gasteiger partial charge in [-0.3, -0.25) is 9.80 Å². The molecule has 5 heterocycles. The largest absolute Gasteiger partial charge is 0.493 e. The lowest BCUT2D eigenvalue weighted by molar-refractivity contribution is 0.219. The van der Waals surface area contributed by atoms with Crippen LogP contribution in [0.1, 0.15) is 62.4 Å². The van der Waals surface area contributed by atoms with E-state index in [9.17, 15) is 5.11 Å². The summed E-state index contributed by atoms with van der Waals surface area (Å²) < 4.78 is 37.6. The maximum atomic E-state index is 10.8. The van der Waals surface area contributed by atoms with Gasteiger partial charge in [-0.1, -0.05) is 18.2 Å². The first-order valence-corrected chi connectivity index (χ1v) is 18.7. The number of methoxy groups -OCH3 is 3. The van der Waals surface area contributed by atoms with Crippen LogP contribution >= 0.6 is 0 Å². The molecule has 0 radical (unpaired) electrons. The van der Waals surface area contributed by atoms with Crippen molar-refractivity contribution in [2.45, 2.75) is 57.5 Å². The molecule has 0 aliphatic carbocycles. The predicted molar refractivity (Wildman–Crippen MR) is 206 cm³/mol. The Labute approximate surface area is 317 Å². The van der Waals surface area contributed by atoms with Crippen LogP contribution in [0.2, 0.25) is 0 Å². The zero-order valence-electron chi connectivity index (χ0n) is 31.7. The summed E-state index contributed by atoms with van der Waals surface area (Å²) >= 11 is 0. The first-order chi connectivity index (χ1) is 26.4. The van der Waals surface area contributed by atoms with Gasteiger partial charge in [0.1, 0.15) is 17.3 Å². The SMILES string of the molecule is COc1ccc2cc1Oc1ccc(cc1)C[C@H]1c3cc(c(CO)cc3CCN1C)Oc1c(OC)c(OC)c(CNCc3ccco3)c3c1[C@H](C2)N(C)CC3. The summed E-state index contributed by atoms with van der Waals surface area (Å²) in [7, 11) is 9.36. The van der Waals surface area contributed by atoms with Crippen molar-refractivity contribution in [2.75, 3.05) is 48.5 Å². The van der Waals surface area contributed by atoms with Crippen LogP contribution in [0.3, 0.4) is 0 Å². The summed E-state index contributed by atoms with van der Waals surface area (Å²) in [5.74, 6) is 5.31. The minimum absolute atomic E-state index is 0.0964. The van der Waals surface area contributed by atoms with Gasteiger partial charge in [0.2, 0.25) is 5.75 Å². The Morgan fingerprint density at radius 1 is 0.778 bits per heavy atom. The first-order valence-electron chi connectivity index (χ1n) is 18.7. The summed E-state index contributed by atoms with van der Waals surface area (Å²) in [4.78, 5) is 4.79. The van der Waals surface area contributed by atoms with Gasteiger partial charge in [0.05, 0.1) is 40.7 Å². The Morgan fingerprint density at radius 2 is 1.54 bits per heavy atom. The number of nitrogens with zero attached hydrogens (tertiary/aromatic N) is 2. The normalized spacial score (nSPS) is 18.2. The van der Waals surface area contributed by atoms with Gasteiger partial charge >= 0.3 is 0 Å². The summed E-state index contributed by atoms with van der Waals surface area (Å²) in [6.07, 6.45) is 4.83. The molecule has 0 saturated heterocycles. The quantitative estimate of drug-likeness (QED) is 0.167. The maximum absolute atomic E-state index is 10.8. The van der Waals surface area contributed by atoms with Crippen molar-refractivity contribution in [3.63, 3.8) is 0 Å². The van der Waals surface area contributed by atoms with E-state index < -0.39 is 0 Å². The molecule has 10 nitrogen and oxygen atoms in total. The molecule has 0 saturated carbocycles. The number of aliphatic hydroxyl groups excluding tert-OH is 1. The number of hydrogen-bond donors (Lipinski definition) is 2. The Balaban J connectivity index is 1.34. The smallest absolute Gasteiger partial charge is 0.204 e. The van der Waals surface area contributed by atoms with E-state index in [1.165, 1.54) is 16.7 Å². The lowest BCUT2D eigenvalue weighted by Crippen LogP contribution is -2.35. The lowest BCUT2D eigenvalue weighted by Gasteiger charge is -2.38. The topological polar surface area (TPSA) is 98.0 Å². The van der Waals surface area contributed by atoms with Crippen LogP contribution in [-0.4, -0.2) is 63.4 Å². The molecule has 0 unspecified atom stereocenters. The first kappa shape index (κ1) is 36.0. The van der Waals surface area contributed by atoms with Gasteiger partial charge in [-0.25, -0.2) is 0 Å². The van der Waals surface area contributed by atoms with E-state index >= 15 is 0 Å². The average Bonchev–Trinajstić information content (AvgIpc) is 3.71. The maximum Gasteiger partial charge on any atom is 0.204 e. The predicted octanol–water partition coefficient (Wildman–Crippen LogP) is 7.53. The third-order valence-electron chi connectivity index (χ3n) is 11.4. The number of benzene rings is 4. The number of hydrogen-bond acceptors (Lipinski definition) is 10. The molecule has 2 N–H and O–H groups in total. The minimum Gasteiger partial charge on any atom is -0.493 e. The summed E-state index contributed by atoms with van der Waals surface area (Å²) in [6, 6.07) is 22.7. The van der Waals surface area contributed by atoms with Crippen molar-refractivity contribution in [3.05, 3.63) is 123 Å². The summed E-state index contributed by atoms with van der Waals surface area (Å²) in [6.45, 7) is 2.70. The van der Waals surface area contributed by atoms with Gasteiger partial charge in [0.15, 0.2) is 23.0 Å². The molecule has 4 aliphatic heterocycles. The molecule has 5 aromatic rings. The number of fused-ring (bicyclic) bond motifs is 2.